The van der Waals surface area contributed by atoms with Crippen LogP contribution < -0.4 is 10.2 Å². The van der Waals surface area contributed by atoms with E-state index < -0.39 is 12.1 Å². The van der Waals surface area contributed by atoms with Gasteiger partial charge in [-0.1, -0.05) is 0 Å². The maximum atomic E-state index is 12.3. The SMILES string of the molecule is CN(C(=O)OCC1=C(C(=O)O)N2C(=O)[C@H]3NCCC1[C@H]32)c1ccncc1. The summed E-state index contributed by atoms with van der Waals surface area (Å²) in [6.45, 7) is 0.486. The number of aromatic nitrogens is 1. The zero-order valence-corrected chi connectivity index (χ0v) is 14.1. The van der Waals surface area contributed by atoms with Gasteiger partial charge >= 0.3 is 12.1 Å². The maximum Gasteiger partial charge on any atom is 0.414 e. The van der Waals surface area contributed by atoms with E-state index in [0.29, 0.717) is 24.2 Å². The normalized spacial score (nSPS) is 26.3. The summed E-state index contributed by atoms with van der Waals surface area (Å²) in [4.78, 5) is 42.8. The number of nitrogens with one attached hydrogen (secondary N) is 1. The highest BCUT2D eigenvalue weighted by Gasteiger charge is 2.61. The Morgan fingerprint density at radius 2 is 2.15 bits per heavy atom. The molecule has 0 aliphatic carbocycles. The second-order valence-corrected chi connectivity index (χ2v) is 6.52. The van der Waals surface area contributed by atoms with Gasteiger partial charge in [-0.3, -0.25) is 19.6 Å². The summed E-state index contributed by atoms with van der Waals surface area (Å²) in [5.74, 6) is -1.49. The molecule has 0 bridgehead atoms. The number of hydrogen-bond acceptors (Lipinski definition) is 6. The predicted octanol–water partition coefficient (Wildman–Crippen LogP) is 0.196. The molecule has 2 fully saturated rings. The molecule has 3 aliphatic rings. The molecule has 136 valence electrons. The molecule has 9 heteroatoms. The molecular weight excluding hydrogens is 340 g/mol. The van der Waals surface area contributed by atoms with Crippen LogP contribution in [0.2, 0.25) is 0 Å². The number of carbonyl (C=O) groups excluding carboxylic acids is 2. The van der Waals surface area contributed by atoms with Crippen LogP contribution in [0.4, 0.5) is 10.5 Å². The Kier molecular flexibility index (Phi) is 3.87. The third-order valence-corrected chi connectivity index (χ3v) is 5.25. The smallest absolute Gasteiger partial charge is 0.414 e. The Balaban J connectivity index is 1.52. The molecule has 1 aromatic rings. The molecule has 0 radical (unpaired) electrons. The van der Waals surface area contributed by atoms with Gasteiger partial charge in [0.25, 0.3) is 0 Å². The summed E-state index contributed by atoms with van der Waals surface area (Å²) >= 11 is 0. The van der Waals surface area contributed by atoms with E-state index in [2.05, 4.69) is 10.3 Å². The van der Waals surface area contributed by atoms with Crippen molar-refractivity contribution in [3.8, 4) is 0 Å². The number of amides is 2. The first-order chi connectivity index (χ1) is 12.5. The number of carboxylic acid groups (broad SMARTS) is 1. The number of hydrogen-bond donors (Lipinski definition) is 2. The largest absolute Gasteiger partial charge is 0.477 e. The summed E-state index contributed by atoms with van der Waals surface area (Å²) in [6, 6.07) is 2.81. The van der Waals surface area contributed by atoms with Crippen molar-refractivity contribution in [3.05, 3.63) is 35.8 Å². The monoisotopic (exact) mass is 358 g/mol. The van der Waals surface area contributed by atoms with Crippen LogP contribution in [0, 0.1) is 5.92 Å². The molecule has 1 aromatic heterocycles. The molecule has 4 heterocycles. The maximum absolute atomic E-state index is 12.3. The van der Waals surface area contributed by atoms with Crippen LogP contribution in [-0.2, 0) is 14.3 Å². The van der Waals surface area contributed by atoms with Gasteiger partial charge in [0.2, 0.25) is 5.91 Å². The van der Waals surface area contributed by atoms with E-state index in [4.69, 9.17) is 4.74 Å². The van der Waals surface area contributed by atoms with Gasteiger partial charge in [0.15, 0.2) is 0 Å². The fourth-order valence-electron chi connectivity index (χ4n) is 3.99. The lowest BCUT2D eigenvalue weighted by atomic mass is 9.79. The van der Waals surface area contributed by atoms with Gasteiger partial charge in [0.1, 0.15) is 18.3 Å². The van der Waals surface area contributed by atoms with Crippen molar-refractivity contribution in [2.24, 2.45) is 5.92 Å². The number of ether oxygens (including phenoxy) is 1. The number of carboxylic acids is 1. The number of anilines is 1. The number of piperidine rings is 1. The number of carbonyl (C=O) groups is 3. The van der Waals surface area contributed by atoms with E-state index in [1.54, 1.807) is 31.6 Å². The van der Waals surface area contributed by atoms with Crippen molar-refractivity contribution < 1.29 is 24.2 Å². The number of β-lactam (4-membered cyclic amide) rings is 1. The summed E-state index contributed by atoms with van der Waals surface area (Å²) in [5, 5.41) is 12.7. The highest BCUT2D eigenvalue weighted by molar-refractivity contribution is 6.01. The first-order valence-corrected chi connectivity index (χ1v) is 8.34. The van der Waals surface area contributed by atoms with Crippen molar-refractivity contribution in [2.45, 2.75) is 18.5 Å². The molecule has 2 N–H and O–H groups in total. The quantitative estimate of drug-likeness (QED) is 0.739. The third kappa shape index (κ3) is 2.35. The van der Waals surface area contributed by atoms with E-state index in [-0.39, 0.29) is 36.2 Å². The van der Waals surface area contributed by atoms with Gasteiger partial charge in [-0.05, 0) is 25.1 Å². The van der Waals surface area contributed by atoms with Crippen molar-refractivity contribution in [1.29, 1.82) is 0 Å². The highest BCUT2D eigenvalue weighted by atomic mass is 16.6. The molecule has 1 unspecified atom stereocenters. The second kappa shape index (κ2) is 6.10. The van der Waals surface area contributed by atoms with E-state index >= 15 is 0 Å². The molecule has 4 rings (SSSR count). The van der Waals surface area contributed by atoms with Crippen LogP contribution in [0.3, 0.4) is 0 Å². The predicted molar refractivity (Wildman–Crippen MR) is 89.2 cm³/mol. The van der Waals surface area contributed by atoms with E-state index in [1.165, 1.54) is 9.80 Å². The average molecular weight is 358 g/mol. The van der Waals surface area contributed by atoms with Crippen molar-refractivity contribution in [1.82, 2.24) is 15.2 Å². The number of nitrogens with zero attached hydrogens (tertiary/aromatic N) is 3. The standard InChI is InChI=1S/C17H18N4O5/c1-20(9-2-5-18-6-3-9)17(25)26-8-11-10-4-7-19-12-13(10)21(15(12)22)14(11)16(23)24/h2-3,5-6,10,12-13,19H,4,7-8H2,1H3,(H,23,24)/t10?,12-,13+/m0/s1. The van der Waals surface area contributed by atoms with E-state index in [9.17, 15) is 19.5 Å². The van der Waals surface area contributed by atoms with Crippen LogP contribution in [-0.4, -0.2) is 65.2 Å². The van der Waals surface area contributed by atoms with Gasteiger partial charge in [0.05, 0.1) is 6.04 Å². The third-order valence-electron chi connectivity index (χ3n) is 5.25. The summed E-state index contributed by atoms with van der Waals surface area (Å²) in [6.07, 6.45) is 3.23. The Morgan fingerprint density at radius 1 is 1.42 bits per heavy atom. The van der Waals surface area contributed by atoms with Crippen LogP contribution in [0.5, 0.6) is 0 Å². The van der Waals surface area contributed by atoms with Crippen molar-refractivity contribution in [3.63, 3.8) is 0 Å². The molecule has 2 amide bonds. The highest BCUT2D eigenvalue weighted by Crippen LogP contribution is 2.46. The minimum absolute atomic E-state index is 0.0377. The number of rotatable bonds is 4. The van der Waals surface area contributed by atoms with E-state index in [0.717, 1.165) is 0 Å². The number of aliphatic carboxylic acids is 1. The van der Waals surface area contributed by atoms with Crippen LogP contribution in [0.15, 0.2) is 35.8 Å². The summed E-state index contributed by atoms with van der Waals surface area (Å²) in [5.41, 5.74) is 1.09. The second-order valence-electron chi connectivity index (χ2n) is 6.52. The fourth-order valence-corrected chi connectivity index (χ4v) is 3.99. The zero-order valence-electron chi connectivity index (χ0n) is 14.1. The molecule has 0 spiro atoms. The first-order valence-electron chi connectivity index (χ1n) is 8.34. The first kappa shape index (κ1) is 16.5. The van der Waals surface area contributed by atoms with Crippen LogP contribution in [0.25, 0.3) is 0 Å². The molecule has 26 heavy (non-hydrogen) atoms. The fraction of sp³-hybridized carbons (Fsp3) is 0.412. The zero-order chi connectivity index (χ0) is 18.4. The topological polar surface area (TPSA) is 112 Å². The average Bonchev–Trinajstić information content (AvgIpc) is 2.99. The van der Waals surface area contributed by atoms with Gasteiger partial charge in [0, 0.05) is 36.6 Å². The molecule has 3 aliphatic heterocycles. The van der Waals surface area contributed by atoms with Gasteiger partial charge in [-0.25, -0.2) is 9.59 Å². The Labute approximate surface area is 149 Å². The lowest BCUT2D eigenvalue weighted by molar-refractivity contribution is -0.154. The summed E-state index contributed by atoms with van der Waals surface area (Å²) < 4.78 is 5.36. The van der Waals surface area contributed by atoms with Crippen LogP contribution in [0.1, 0.15) is 6.42 Å². The van der Waals surface area contributed by atoms with E-state index in [1.807, 2.05) is 0 Å². The molecule has 3 atom stereocenters. The Morgan fingerprint density at radius 3 is 2.85 bits per heavy atom. The summed E-state index contributed by atoms with van der Waals surface area (Å²) in [7, 11) is 1.57. The lowest BCUT2D eigenvalue weighted by Gasteiger charge is -2.48. The van der Waals surface area contributed by atoms with Gasteiger partial charge < -0.3 is 15.2 Å². The molecule has 9 nitrogen and oxygen atoms in total. The van der Waals surface area contributed by atoms with Gasteiger partial charge in [-0.2, -0.15) is 0 Å². The minimum Gasteiger partial charge on any atom is -0.477 e. The lowest BCUT2D eigenvalue weighted by Crippen LogP contribution is -2.72. The molecule has 0 aromatic carbocycles. The molecule has 0 saturated carbocycles. The number of pyridine rings is 1. The van der Waals surface area contributed by atoms with Crippen molar-refractivity contribution in [2.75, 3.05) is 25.1 Å². The molecule has 2 saturated heterocycles. The molecular formula is C17H18N4O5. The van der Waals surface area contributed by atoms with Crippen molar-refractivity contribution >= 4 is 23.7 Å². The minimum atomic E-state index is -1.17. The Hall–Kier alpha value is -2.94. The van der Waals surface area contributed by atoms with Gasteiger partial charge in [-0.15, -0.1) is 0 Å². The van der Waals surface area contributed by atoms with Crippen LogP contribution >= 0.6 is 0 Å². The Bertz CT molecular complexity index is 809.